The van der Waals surface area contributed by atoms with Crippen LogP contribution in [0, 0.1) is 6.92 Å². The molecule has 2 heterocycles. The first-order chi connectivity index (χ1) is 8.13. The molecule has 0 aliphatic carbocycles. The molecule has 1 aromatic heterocycles. The second-order valence-corrected chi connectivity index (χ2v) is 5.11. The predicted octanol–water partition coefficient (Wildman–Crippen LogP) is 2.98. The van der Waals surface area contributed by atoms with E-state index >= 15 is 0 Å². The molecule has 1 atom stereocenters. The van der Waals surface area contributed by atoms with E-state index < -0.39 is 0 Å². The van der Waals surface area contributed by atoms with Gasteiger partial charge in [-0.25, -0.2) is 4.98 Å². The molecule has 3 nitrogen and oxygen atoms in total. The highest BCUT2D eigenvalue weighted by molar-refractivity contribution is 5.39. The second kappa shape index (κ2) is 5.05. The lowest BCUT2D eigenvalue weighted by atomic mass is 10.0. The largest absolute Gasteiger partial charge is 0.373 e. The maximum Gasteiger partial charge on any atom is 0.125 e. The minimum Gasteiger partial charge on any atom is -0.373 e. The quantitative estimate of drug-likeness (QED) is 0.870. The Morgan fingerprint density at radius 3 is 2.76 bits per heavy atom. The van der Waals surface area contributed by atoms with Gasteiger partial charge in [0.2, 0.25) is 0 Å². The first-order valence-corrected chi connectivity index (χ1v) is 6.54. The molecular formula is C14H23N3. The van der Waals surface area contributed by atoms with E-state index in [0.717, 1.165) is 11.5 Å². The lowest BCUT2D eigenvalue weighted by molar-refractivity contribution is 0.204. The molecule has 1 N–H and O–H groups in total. The molecule has 94 valence electrons. The van der Waals surface area contributed by atoms with Crippen LogP contribution in [-0.4, -0.2) is 29.5 Å². The number of rotatable bonds is 3. The summed E-state index contributed by atoms with van der Waals surface area (Å²) >= 11 is 0. The topological polar surface area (TPSA) is 28.2 Å². The third-order valence-electron chi connectivity index (χ3n) is 3.70. The molecule has 0 radical (unpaired) electrons. The molecule has 1 aliphatic rings. The number of aromatic nitrogens is 1. The second-order valence-electron chi connectivity index (χ2n) is 5.11. The van der Waals surface area contributed by atoms with Crippen LogP contribution in [0.4, 0.5) is 5.82 Å². The Hall–Kier alpha value is -1.09. The van der Waals surface area contributed by atoms with Crippen LogP contribution in [-0.2, 0) is 0 Å². The number of likely N-dealkylation sites (tertiary alicyclic amines) is 1. The van der Waals surface area contributed by atoms with E-state index in [0.29, 0.717) is 12.1 Å². The molecular weight excluding hydrogens is 210 g/mol. The fourth-order valence-corrected chi connectivity index (χ4v) is 2.80. The van der Waals surface area contributed by atoms with Crippen LogP contribution >= 0.6 is 0 Å². The van der Waals surface area contributed by atoms with Gasteiger partial charge in [0.15, 0.2) is 0 Å². The first-order valence-electron chi connectivity index (χ1n) is 6.54. The summed E-state index contributed by atoms with van der Waals surface area (Å²) in [6.45, 7) is 7.90. The third kappa shape index (κ3) is 2.44. The van der Waals surface area contributed by atoms with Crippen molar-refractivity contribution in [3.8, 4) is 0 Å². The van der Waals surface area contributed by atoms with Crippen molar-refractivity contribution in [1.29, 1.82) is 0 Å². The molecule has 1 saturated heterocycles. The molecule has 1 aliphatic heterocycles. The van der Waals surface area contributed by atoms with Crippen molar-refractivity contribution < 1.29 is 0 Å². The fraction of sp³-hybridized carbons (Fsp3) is 0.643. The summed E-state index contributed by atoms with van der Waals surface area (Å²) in [5.74, 6) is 0.959. The number of nitrogens with one attached hydrogen (secondary N) is 1. The van der Waals surface area contributed by atoms with Crippen molar-refractivity contribution in [2.45, 2.75) is 45.7 Å². The molecule has 0 unspecified atom stereocenters. The van der Waals surface area contributed by atoms with Gasteiger partial charge in [0.05, 0.1) is 0 Å². The predicted molar refractivity (Wildman–Crippen MR) is 72.3 cm³/mol. The highest BCUT2D eigenvalue weighted by Crippen LogP contribution is 2.34. The van der Waals surface area contributed by atoms with Crippen molar-refractivity contribution in [1.82, 2.24) is 9.88 Å². The Labute approximate surface area is 104 Å². The van der Waals surface area contributed by atoms with E-state index in [9.17, 15) is 0 Å². The van der Waals surface area contributed by atoms with Crippen LogP contribution in [0.2, 0.25) is 0 Å². The van der Waals surface area contributed by atoms with E-state index in [4.69, 9.17) is 0 Å². The van der Waals surface area contributed by atoms with Crippen LogP contribution in [0.3, 0.4) is 0 Å². The van der Waals surface area contributed by atoms with Gasteiger partial charge in [-0.2, -0.15) is 0 Å². The number of nitrogens with zero attached hydrogens (tertiary/aromatic N) is 2. The highest BCUT2D eigenvalue weighted by atomic mass is 15.2. The maximum atomic E-state index is 4.59. The molecule has 0 bridgehead atoms. The monoisotopic (exact) mass is 233 g/mol. The van der Waals surface area contributed by atoms with Gasteiger partial charge in [-0.1, -0.05) is 6.07 Å². The van der Waals surface area contributed by atoms with Crippen molar-refractivity contribution in [2.75, 3.05) is 18.9 Å². The van der Waals surface area contributed by atoms with E-state index in [-0.39, 0.29) is 0 Å². The summed E-state index contributed by atoms with van der Waals surface area (Å²) in [6.07, 6.45) is 2.57. The van der Waals surface area contributed by atoms with Gasteiger partial charge in [-0.05, 0) is 51.8 Å². The number of hydrogen-bond acceptors (Lipinski definition) is 3. The summed E-state index contributed by atoms with van der Waals surface area (Å²) in [5.41, 5.74) is 2.56. The van der Waals surface area contributed by atoms with Gasteiger partial charge in [0, 0.05) is 24.8 Å². The van der Waals surface area contributed by atoms with Crippen molar-refractivity contribution in [3.63, 3.8) is 0 Å². The number of hydrogen-bond donors (Lipinski definition) is 1. The van der Waals surface area contributed by atoms with E-state index in [1.807, 2.05) is 7.05 Å². The van der Waals surface area contributed by atoms with Crippen molar-refractivity contribution in [2.24, 2.45) is 0 Å². The minimum absolute atomic E-state index is 0.563. The van der Waals surface area contributed by atoms with Crippen LogP contribution in [0.5, 0.6) is 0 Å². The first kappa shape index (κ1) is 12.4. The maximum absolute atomic E-state index is 4.59. The molecule has 1 fully saturated rings. The molecule has 3 heteroatoms. The highest BCUT2D eigenvalue weighted by Gasteiger charge is 2.29. The lowest BCUT2D eigenvalue weighted by Crippen LogP contribution is -2.30. The average molecular weight is 233 g/mol. The zero-order chi connectivity index (χ0) is 12.4. The van der Waals surface area contributed by atoms with Gasteiger partial charge in [0.25, 0.3) is 0 Å². The number of aryl methyl sites for hydroxylation is 1. The SMILES string of the molecule is CNc1ccc([C@@H]2CCCN2C(C)C)c(C)n1. The van der Waals surface area contributed by atoms with Crippen molar-refractivity contribution in [3.05, 3.63) is 23.4 Å². The standard InChI is InChI=1S/C14H23N3/c1-10(2)17-9-5-6-13(17)12-7-8-14(15-4)16-11(12)3/h7-8,10,13H,5-6,9H2,1-4H3,(H,15,16)/t13-/m0/s1. The van der Waals surface area contributed by atoms with Crippen molar-refractivity contribution >= 4 is 5.82 Å². The van der Waals surface area contributed by atoms with Gasteiger partial charge in [0.1, 0.15) is 5.82 Å². The molecule has 17 heavy (non-hydrogen) atoms. The average Bonchev–Trinajstić information content (AvgIpc) is 2.77. The normalized spacial score (nSPS) is 21.1. The molecule has 1 aromatic rings. The van der Waals surface area contributed by atoms with Crippen LogP contribution in [0.1, 0.15) is 44.0 Å². The zero-order valence-electron chi connectivity index (χ0n) is 11.3. The molecule has 0 aromatic carbocycles. The van der Waals surface area contributed by atoms with E-state index in [1.54, 1.807) is 0 Å². The number of pyridine rings is 1. The Kier molecular flexibility index (Phi) is 3.67. The smallest absolute Gasteiger partial charge is 0.125 e. The van der Waals surface area contributed by atoms with Crippen LogP contribution < -0.4 is 5.32 Å². The van der Waals surface area contributed by atoms with Crippen LogP contribution in [0.25, 0.3) is 0 Å². The van der Waals surface area contributed by atoms with Gasteiger partial charge < -0.3 is 5.32 Å². The Balaban J connectivity index is 2.27. The van der Waals surface area contributed by atoms with Crippen LogP contribution in [0.15, 0.2) is 12.1 Å². The summed E-state index contributed by atoms with van der Waals surface area (Å²) < 4.78 is 0. The summed E-state index contributed by atoms with van der Waals surface area (Å²) in [6, 6.07) is 5.50. The third-order valence-corrected chi connectivity index (χ3v) is 3.70. The Bertz CT molecular complexity index is 387. The molecule has 0 amide bonds. The molecule has 2 rings (SSSR count). The fourth-order valence-electron chi connectivity index (χ4n) is 2.80. The lowest BCUT2D eigenvalue weighted by Gasteiger charge is -2.29. The summed E-state index contributed by atoms with van der Waals surface area (Å²) in [4.78, 5) is 7.18. The van der Waals surface area contributed by atoms with Gasteiger partial charge >= 0.3 is 0 Å². The van der Waals surface area contributed by atoms with E-state index in [2.05, 4.69) is 48.1 Å². The molecule has 0 spiro atoms. The zero-order valence-corrected chi connectivity index (χ0v) is 11.3. The summed E-state index contributed by atoms with van der Waals surface area (Å²) in [5, 5.41) is 3.09. The molecule has 0 saturated carbocycles. The summed E-state index contributed by atoms with van der Waals surface area (Å²) in [7, 11) is 1.91. The van der Waals surface area contributed by atoms with Gasteiger partial charge in [-0.3, -0.25) is 4.90 Å². The Morgan fingerprint density at radius 1 is 1.41 bits per heavy atom. The van der Waals surface area contributed by atoms with E-state index in [1.165, 1.54) is 24.9 Å². The van der Waals surface area contributed by atoms with Gasteiger partial charge in [-0.15, -0.1) is 0 Å². The number of anilines is 1. The Morgan fingerprint density at radius 2 is 2.18 bits per heavy atom. The minimum atomic E-state index is 0.563.